The zero-order valence-corrected chi connectivity index (χ0v) is 14.5. The minimum Gasteiger partial charge on any atom is -0.367 e. The number of benzene rings is 1. The average molecular weight is 340 g/mol. The van der Waals surface area contributed by atoms with E-state index in [2.05, 4.69) is 9.89 Å². The quantitative estimate of drug-likeness (QED) is 0.785. The average Bonchev–Trinajstić information content (AvgIpc) is 2.98. The van der Waals surface area contributed by atoms with Crippen molar-refractivity contribution in [3.63, 3.8) is 0 Å². The Morgan fingerprint density at radius 1 is 1.12 bits per heavy atom. The predicted octanol–water partition coefficient (Wildman–Crippen LogP) is 1.39. The highest BCUT2D eigenvalue weighted by Gasteiger charge is 2.37. The Morgan fingerprint density at radius 3 is 2.32 bits per heavy atom. The van der Waals surface area contributed by atoms with Gasteiger partial charge in [0.05, 0.1) is 5.69 Å². The van der Waals surface area contributed by atoms with Gasteiger partial charge in [-0.3, -0.25) is 9.59 Å². The molecule has 5 rings (SSSR count). The molecule has 3 aliphatic heterocycles. The Morgan fingerprint density at radius 2 is 1.72 bits per heavy atom. The fourth-order valence-corrected chi connectivity index (χ4v) is 4.41. The summed E-state index contributed by atoms with van der Waals surface area (Å²) < 4.78 is 0. The lowest BCUT2D eigenvalue weighted by atomic mass is 9.84. The Labute approximate surface area is 147 Å². The molecule has 6 heteroatoms. The van der Waals surface area contributed by atoms with Crippen molar-refractivity contribution in [3.8, 4) is 0 Å². The van der Waals surface area contributed by atoms with E-state index >= 15 is 0 Å². The maximum atomic E-state index is 12.7. The van der Waals surface area contributed by atoms with Crippen LogP contribution in [0.5, 0.6) is 0 Å². The molecular weight excluding hydrogens is 316 g/mol. The van der Waals surface area contributed by atoms with E-state index in [4.69, 9.17) is 5.73 Å². The number of aliphatic imine (C=N–C) groups is 1. The zero-order valence-electron chi connectivity index (χ0n) is 14.5. The molecule has 2 saturated heterocycles. The molecule has 25 heavy (non-hydrogen) atoms. The molecule has 1 aromatic carbocycles. The zero-order chi connectivity index (χ0) is 17.6. The minimum absolute atomic E-state index is 0.368. The van der Waals surface area contributed by atoms with Gasteiger partial charge in [0, 0.05) is 25.7 Å². The van der Waals surface area contributed by atoms with Gasteiger partial charge in [0.25, 0.3) is 11.8 Å². The van der Waals surface area contributed by atoms with Gasteiger partial charge in [-0.15, -0.1) is 0 Å². The lowest BCUT2D eigenvalue weighted by molar-refractivity contribution is -0.127. The van der Waals surface area contributed by atoms with Gasteiger partial charge < -0.3 is 15.5 Å². The number of para-hydroxylation sites is 1. The van der Waals surface area contributed by atoms with Crippen LogP contribution in [0.1, 0.15) is 31.2 Å². The molecule has 2 amide bonds. The fourth-order valence-electron chi connectivity index (χ4n) is 4.41. The number of likely N-dealkylation sites (N-methyl/N-ethyl adjacent to an activating group) is 1. The summed E-state index contributed by atoms with van der Waals surface area (Å²) in [6.07, 6.45) is 5.03. The summed E-state index contributed by atoms with van der Waals surface area (Å²) in [6.45, 7) is 1.88. The van der Waals surface area contributed by atoms with Gasteiger partial charge in [-0.1, -0.05) is 12.1 Å². The Hall–Kier alpha value is -2.37. The highest BCUT2D eigenvalue weighted by atomic mass is 16.2. The van der Waals surface area contributed by atoms with E-state index in [0.717, 1.165) is 30.2 Å². The van der Waals surface area contributed by atoms with Crippen molar-refractivity contribution in [2.75, 3.05) is 25.0 Å². The van der Waals surface area contributed by atoms with Crippen molar-refractivity contribution in [1.29, 1.82) is 0 Å². The second kappa shape index (κ2) is 6.17. The molecule has 1 aromatic rings. The molecule has 4 aliphatic rings. The van der Waals surface area contributed by atoms with Crippen LogP contribution >= 0.6 is 0 Å². The number of hydrogen-bond acceptors (Lipinski definition) is 4. The molecule has 1 aliphatic carbocycles. The third kappa shape index (κ3) is 2.79. The molecular formula is C19H24N4O2. The van der Waals surface area contributed by atoms with Crippen molar-refractivity contribution in [2.24, 2.45) is 22.6 Å². The SMILES string of the molecule is CN1C(=O)[C@H](C(N)=O)N=C(N2CC3CCC(CC3)C2)c2ccccc21. The van der Waals surface area contributed by atoms with Crippen LogP contribution in [0.2, 0.25) is 0 Å². The van der Waals surface area contributed by atoms with Crippen molar-refractivity contribution in [3.05, 3.63) is 29.8 Å². The molecule has 0 aromatic heterocycles. The third-order valence-corrected chi connectivity index (χ3v) is 5.81. The smallest absolute Gasteiger partial charge is 0.261 e. The van der Waals surface area contributed by atoms with Crippen LogP contribution in [-0.2, 0) is 9.59 Å². The number of fused-ring (bicyclic) bond motifs is 5. The summed E-state index contributed by atoms with van der Waals surface area (Å²) in [4.78, 5) is 33.0. The monoisotopic (exact) mass is 340 g/mol. The number of nitrogens with zero attached hydrogens (tertiary/aromatic N) is 3. The van der Waals surface area contributed by atoms with E-state index in [1.54, 1.807) is 7.05 Å². The van der Waals surface area contributed by atoms with Gasteiger partial charge in [0.15, 0.2) is 0 Å². The molecule has 0 unspecified atom stereocenters. The molecule has 1 saturated carbocycles. The standard InChI is InChI=1S/C19H24N4O2/c1-22-15-5-3-2-4-14(15)18(21-16(17(20)24)19(22)25)23-10-12-6-7-13(11-23)9-8-12/h2-5,12-13,16H,6-11H2,1H3,(H2,20,24)/t12?,13?,16-/m0/s1. The minimum atomic E-state index is -1.16. The molecule has 0 spiro atoms. The van der Waals surface area contributed by atoms with Crippen molar-refractivity contribution < 1.29 is 9.59 Å². The van der Waals surface area contributed by atoms with Gasteiger partial charge in [-0.2, -0.15) is 0 Å². The second-order valence-electron chi connectivity index (χ2n) is 7.46. The maximum absolute atomic E-state index is 12.7. The summed E-state index contributed by atoms with van der Waals surface area (Å²) in [5.41, 5.74) is 7.19. The van der Waals surface area contributed by atoms with Gasteiger partial charge in [-0.05, 0) is 49.7 Å². The number of primary amides is 1. The molecule has 6 nitrogen and oxygen atoms in total. The van der Waals surface area contributed by atoms with Gasteiger partial charge >= 0.3 is 0 Å². The summed E-state index contributed by atoms with van der Waals surface area (Å²) in [5.74, 6) is 1.01. The number of carbonyl (C=O) groups excluding carboxylic acids is 2. The van der Waals surface area contributed by atoms with E-state index in [-0.39, 0.29) is 5.91 Å². The van der Waals surface area contributed by atoms with Crippen LogP contribution in [0.3, 0.4) is 0 Å². The van der Waals surface area contributed by atoms with E-state index < -0.39 is 11.9 Å². The first kappa shape index (κ1) is 16.1. The first-order valence-corrected chi connectivity index (χ1v) is 9.03. The number of amidine groups is 1. The Bertz CT molecular complexity index is 723. The van der Waals surface area contributed by atoms with Crippen LogP contribution in [0.15, 0.2) is 29.3 Å². The van der Waals surface area contributed by atoms with Crippen molar-refractivity contribution in [1.82, 2.24) is 4.90 Å². The van der Waals surface area contributed by atoms with E-state index in [1.807, 2.05) is 24.3 Å². The molecule has 3 fully saturated rings. The molecule has 1 atom stereocenters. The largest absolute Gasteiger partial charge is 0.367 e. The highest BCUT2D eigenvalue weighted by molar-refractivity contribution is 6.18. The lowest BCUT2D eigenvalue weighted by Crippen LogP contribution is -2.43. The molecule has 3 heterocycles. The maximum Gasteiger partial charge on any atom is 0.261 e. The van der Waals surface area contributed by atoms with Gasteiger partial charge in [0.2, 0.25) is 6.04 Å². The number of carbonyl (C=O) groups is 2. The summed E-state index contributed by atoms with van der Waals surface area (Å²) in [6, 6.07) is 6.57. The van der Waals surface area contributed by atoms with E-state index in [0.29, 0.717) is 11.8 Å². The molecule has 2 N–H and O–H groups in total. The number of nitrogens with two attached hydrogens (primary N) is 1. The van der Waals surface area contributed by atoms with Crippen LogP contribution in [-0.4, -0.2) is 48.7 Å². The number of rotatable bonds is 1. The van der Waals surface area contributed by atoms with Gasteiger partial charge in [-0.25, -0.2) is 4.99 Å². The summed E-state index contributed by atoms with van der Waals surface area (Å²) >= 11 is 0. The second-order valence-corrected chi connectivity index (χ2v) is 7.46. The number of amides is 2. The van der Waals surface area contributed by atoms with Crippen molar-refractivity contribution in [2.45, 2.75) is 31.7 Å². The Balaban J connectivity index is 1.82. The summed E-state index contributed by atoms with van der Waals surface area (Å²) in [5, 5.41) is 0. The van der Waals surface area contributed by atoms with Gasteiger partial charge in [0.1, 0.15) is 5.84 Å². The topological polar surface area (TPSA) is 79.0 Å². The van der Waals surface area contributed by atoms with Crippen LogP contribution in [0, 0.1) is 11.8 Å². The third-order valence-electron chi connectivity index (χ3n) is 5.81. The normalized spacial score (nSPS) is 28.9. The molecule has 2 bridgehead atoms. The first-order valence-electron chi connectivity index (χ1n) is 9.03. The Kier molecular flexibility index (Phi) is 3.98. The van der Waals surface area contributed by atoms with Crippen LogP contribution < -0.4 is 10.6 Å². The van der Waals surface area contributed by atoms with E-state index in [1.165, 1.54) is 30.6 Å². The van der Waals surface area contributed by atoms with E-state index in [9.17, 15) is 9.59 Å². The molecule has 0 radical (unpaired) electrons. The summed E-state index contributed by atoms with van der Waals surface area (Å²) in [7, 11) is 1.68. The predicted molar refractivity (Wildman–Crippen MR) is 96.4 cm³/mol. The highest BCUT2D eigenvalue weighted by Crippen LogP contribution is 2.36. The number of hydrogen-bond donors (Lipinski definition) is 1. The van der Waals surface area contributed by atoms with Crippen LogP contribution in [0.4, 0.5) is 5.69 Å². The van der Waals surface area contributed by atoms with Crippen LogP contribution in [0.25, 0.3) is 0 Å². The first-order chi connectivity index (χ1) is 12.0. The van der Waals surface area contributed by atoms with Crippen molar-refractivity contribution >= 4 is 23.3 Å². The number of anilines is 1. The fraction of sp³-hybridized carbons (Fsp3) is 0.526. The molecule has 132 valence electrons. The number of benzodiazepines with no additional fused rings is 1. The lowest BCUT2D eigenvalue weighted by Gasteiger charge is -2.27.